The van der Waals surface area contributed by atoms with Crippen LogP contribution in [0.2, 0.25) is 0 Å². The Labute approximate surface area is 251 Å². The van der Waals surface area contributed by atoms with Crippen molar-refractivity contribution in [1.29, 1.82) is 0 Å². The first kappa shape index (κ1) is 29.1. The summed E-state index contributed by atoms with van der Waals surface area (Å²) in [6.07, 6.45) is 3.34. The van der Waals surface area contributed by atoms with Gasteiger partial charge in [-0.2, -0.15) is 0 Å². The Bertz CT molecular complexity index is 1390. The maximum Gasteiger partial charge on any atom is 0.251 e. The van der Waals surface area contributed by atoms with Crippen LogP contribution in [0.5, 0.6) is 5.75 Å². The molecule has 2 unspecified atom stereocenters. The molecule has 7 heteroatoms. The SMILES string of the molecule is CC(=O)N1CC2CC(c3ccc(CCCOc4ccccc4Br)cc3)=C(C(=O)N(C)CCc3ccccc3)C(C1)N2. The van der Waals surface area contributed by atoms with E-state index in [2.05, 4.69) is 57.6 Å². The van der Waals surface area contributed by atoms with E-state index in [0.29, 0.717) is 32.7 Å². The number of carbonyl (C=O) groups is 2. The number of nitrogens with zero attached hydrogens (tertiary/aromatic N) is 2. The topological polar surface area (TPSA) is 61.9 Å². The van der Waals surface area contributed by atoms with Crippen molar-refractivity contribution in [2.24, 2.45) is 0 Å². The summed E-state index contributed by atoms with van der Waals surface area (Å²) in [6, 6.07) is 26.7. The van der Waals surface area contributed by atoms with Gasteiger partial charge < -0.3 is 19.9 Å². The number of nitrogens with one attached hydrogen (secondary N) is 1. The minimum Gasteiger partial charge on any atom is -0.492 e. The van der Waals surface area contributed by atoms with E-state index in [0.717, 1.165) is 46.2 Å². The summed E-state index contributed by atoms with van der Waals surface area (Å²) in [4.78, 5) is 29.9. The fraction of sp³-hybridized carbons (Fsp3) is 0.353. The molecule has 0 spiro atoms. The van der Waals surface area contributed by atoms with Crippen molar-refractivity contribution in [2.45, 2.75) is 44.7 Å². The highest BCUT2D eigenvalue weighted by Crippen LogP contribution is 2.34. The molecule has 5 rings (SSSR count). The fourth-order valence-electron chi connectivity index (χ4n) is 5.77. The first-order chi connectivity index (χ1) is 19.9. The van der Waals surface area contributed by atoms with E-state index in [1.165, 1.54) is 11.1 Å². The first-order valence-corrected chi connectivity index (χ1v) is 15.2. The van der Waals surface area contributed by atoms with E-state index >= 15 is 0 Å². The number of para-hydroxylation sites is 1. The number of likely N-dealkylation sites (N-methyl/N-ethyl adjacent to an activating group) is 1. The average molecular weight is 617 g/mol. The second-order valence-electron chi connectivity index (χ2n) is 11.0. The van der Waals surface area contributed by atoms with Gasteiger partial charge in [-0.05, 0) is 76.0 Å². The number of fused-ring (bicyclic) bond motifs is 2. The zero-order valence-electron chi connectivity index (χ0n) is 23.8. The van der Waals surface area contributed by atoms with Crippen molar-refractivity contribution in [2.75, 3.05) is 33.3 Å². The number of hydrogen-bond donors (Lipinski definition) is 1. The van der Waals surface area contributed by atoms with E-state index in [4.69, 9.17) is 4.74 Å². The molecule has 1 N–H and O–H groups in total. The van der Waals surface area contributed by atoms with Gasteiger partial charge in [-0.25, -0.2) is 0 Å². The predicted molar refractivity (Wildman–Crippen MR) is 167 cm³/mol. The number of rotatable bonds is 10. The Balaban J connectivity index is 1.31. The van der Waals surface area contributed by atoms with Crippen LogP contribution in [0.3, 0.4) is 0 Å². The molecule has 0 aromatic heterocycles. The monoisotopic (exact) mass is 615 g/mol. The van der Waals surface area contributed by atoms with Crippen LogP contribution in [0, 0.1) is 0 Å². The molecule has 0 radical (unpaired) electrons. The van der Waals surface area contributed by atoms with Gasteiger partial charge in [0.1, 0.15) is 5.75 Å². The summed E-state index contributed by atoms with van der Waals surface area (Å²) in [6.45, 7) is 4.06. The normalized spacial score (nSPS) is 18.3. The summed E-state index contributed by atoms with van der Waals surface area (Å²) in [5.41, 5.74) is 5.43. The third kappa shape index (κ3) is 7.27. The second-order valence-corrected chi connectivity index (χ2v) is 11.8. The number of benzene rings is 3. The smallest absolute Gasteiger partial charge is 0.251 e. The number of carbonyl (C=O) groups excluding carboxylic acids is 2. The minimum absolute atomic E-state index is 0.0329. The van der Waals surface area contributed by atoms with Crippen LogP contribution in [0.25, 0.3) is 5.57 Å². The number of hydrogen-bond acceptors (Lipinski definition) is 4. The van der Waals surface area contributed by atoms with Crippen LogP contribution in [0.4, 0.5) is 0 Å². The zero-order chi connectivity index (χ0) is 28.8. The predicted octanol–water partition coefficient (Wildman–Crippen LogP) is 5.51. The molecule has 2 aliphatic rings. The van der Waals surface area contributed by atoms with Crippen molar-refractivity contribution in [3.05, 3.63) is 106 Å². The number of halogens is 1. The summed E-state index contributed by atoms with van der Waals surface area (Å²) in [7, 11) is 1.88. The minimum atomic E-state index is -0.179. The third-order valence-electron chi connectivity index (χ3n) is 8.01. The molecule has 1 saturated heterocycles. The maximum absolute atomic E-state index is 14.0. The van der Waals surface area contributed by atoms with Crippen LogP contribution in [-0.4, -0.2) is 67.0 Å². The van der Waals surface area contributed by atoms with Gasteiger partial charge in [0.05, 0.1) is 17.1 Å². The molecule has 2 aliphatic heterocycles. The first-order valence-electron chi connectivity index (χ1n) is 14.4. The van der Waals surface area contributed by atoms with Gasteiger partial charge in [-0.1, -0.05) is 66.7 Å². The van der Waals surface area contributed by atoms with E-state index < -0.39 is 0 Å². The van der Waals surface area contributed by atoms with Crippen molar-refractivity contribution < 1.29 is 14.3 Å². The lowest BCUT2D eigenvalue weighted by atomic mass is 9.82. The summed E-state index contributed by atoms with van der Waals surface area (Å²) in [5, 5.41) is 3.64. The highest BCUT2D eigenvalue weighted by Gasteiger charge is 2.39. The lowest BCUT2D eigenvalue weighted by Crippen LogP contribution is -2.61. The molecule has 3 aromatic carbocycles. The Hall–Kier alpha value is -3.42. The molecular weight excluding hydrogens is 578 g/mol. The Morgan fingerprint density at radius 1 is 0.951 bits per heavy atom. The van der Waals surface area contributed by atoms with Gasteiger partial charge >= 0.3 is 0 Å². The van der Waals surface area contributed by atoms with E-state index in [9.17, 15) is 9.59 Å². The molecule has 6 nitrogen and oxygen atoms in total. The highest BCUT2D eigenvalue weighted by atomic mass is 79.9. The Morgan fingerprint density at radius 2 is 1.66 bits per heavy atom. The van der Waals surface area contributed by atoms with Crippen molar-refractivity contribution in [3.63, 3.8) is 0 Å². The van der Waals surface area contributed by atoms with Crippen LogP contribution in [0.15, 0.2) is 88.9 Å². The number of ether oxygens (including phenoxy) is 1. The third-order valence-corrected chi connectivity index (χ3v) is 8.67. The molecule has 2 atom stereocenters. The van der Waals surface area contributed by atoms with Gasteiger partial charge in [0.15, 0.2) is 0 Å². The van der Waals surface area contributed by atoms with E-state index in [1.54, 1.807) is 6.92 Å². The van der Waals surface area contributed by atoms with Gasteiger partial charge in [0.2, 0.25) is 5.91 Å². The van der Waals surface area contributed by atoms with Gasteiger partial charge in [-0.15, -0.1) is 0 Å². The van der Waals surface area contributed by atoms with Gasteiger partial charge in [0, 0.05) is 45.2 Å². The molecule has 214 valence electrons. The van der Waals surface area contributed by atoms with Gasteiger partial charge in [0.25, 0.3) is 5.91 Å². The summed E-state index contributed by atoms with van der Waals surface area (Å²) < 4.78 is 6.89. The molecule has 1 fully saturated rings. The number of amides is 2. The highest BCUT2D eigenvalue weighted by molar-refractivity contribution is 9.10. The maximum atomic E-state index is 14.0. The van der Waals surface area contributed by atoms with Crippen LogP contribution < -0.4 is 10.1 Å². The lowest BCUT2D eigenvalue weighted by molar-refractivity contribution is -0.132. The molecule has 41 heavy (non-hydrogen) atoms. The molecule has 2 heterocycles. The molecule has 0 aliphatic carbocycles. The molecule has 2 amide bonds. The van der Waals surface area contributed by atoms with E-state index in [1.807, 2.05) is 59.3 Å². The average Bonchev–Trinajstić information content (AvgIpc) is 2.99. The van der Waals surface area contributed by atoms with Crippen molar-refractivity contribution in [3.8, 4) is 5.75 Å². The quantitative estimate of drug-likeness (QED) is 0.306. The molecule has 2 bridgehead atoms. The van der Waals surface area contributed by atoms with Crippen LogP contribution >= 0.6 is 15.9 Å². The zero-order valence-corrected chi connectivity index (χ0v) is 25.4. The summed E-state index contributed by atoms with van der Waals surface area (Å²) in [5.74, 6) is 0.952. The van der Waals surface area contributed by atoms with Crippen molar-refractivity contribution in [1.82, 2.24) is 15.1 Å². The van der Waals surface area contributed by atoms with Crippen molar-refractivity contribution >= 4 is 33.3 Å². The van der Waals surface area contributed by atoms with E-state index in [-0.39, 0.29) is 23.9 Å². The standard InChI is InChI=1S/C34H38BrN3O3/c1-24(39)38-22-28-21-29(27-16-14-26(15-17-27)11-8-20-41-32-13-7-6-12-30(32)35)33(31(23-38)36-28)34(40)37(2)19-18-25-9-4-3-5-10-25/h3-7,9-10,12-17,28,31,36H,8,11,18-23H2,1-2H3. The Morgan fingerprint density at radius 3 is 2.39 bits per heavy atom. The lowest BCUT2D eigenvalue weighted by Gasteiger charge is -2.44. The number of aryl methyl sites for hydroxylation is 1. The Kier molecular flexibility index (Phi) is 9.57. The molecule has 3 aromatic rings. The largest absolute Gasteiger partial charge is 0.492 e. The van der Waals surface area contributed by atoms with Crippen LogP contribution in [-0.2, 0) is 22.4 Å². The fourth-order valence-corrected chi connectivity index (χ4v) is 6.16. The molecule has 0 saturated carbocycles. The summed E-state index contributed by atoms with van der Waals surface area (Å²) >= 11 is 3.53. The van der Waals surface area contributed by atoms with Crippen LogP contribution in [0.1, 0.15) is 36.5 Å². The molecular formula is C34H38BrN3O3. The number of piperazine rings is 1. The second kappa shape index (κ2) is 13.5. The van der Waals surface area contributed by atoms with Gasteiger partial charge in [-0.3, -0.25) is 9.59 Å².